The fraction of sp³-hybridized carbons (Fsp3) is 0.350. The highest BCUT2D eigenvalue weighted by atomic mass is 32.2. The highest BCUT2D eigenvalue weighted by Crippen LogP contribution is 2.46. The van der Waals surface area contributed by atoms with Crippen LogP contribution in [0.4, 0.5) is 0 Å². The molecule has 0 aromatic heterocycles. The molecule has 0 spiro atoms. The summed E-state index contributed by atoms with van der Waals surface area (Å²) in [6.07, 6.45) is -0.297. The third-order valence-electron chi connectivity index (χ3n) is 4.46. The first-order valence-corrected chi connectivity index (χ1v) is 9.73. The number of nitrogens with two attached hydrogens (primary N) is 1. The van der Waals surface area contributed by atoms with Crippen LogP contribution in [0.3, 0.4) is 0 Å². The largest absolute Gasteiger partial charge is 0.493 e. The van der Waals surface area contributed by atoms with Gasteiger partial charge in [-0.2, -0.15) is 5.26 Å². The molecule has 3 rings (SSSR count). The second-order valence-electron chi connectivity index (χ2n) is 6.66. The highest BCUT2D eigenvalue weighted by Gasteiger charge is 2.43. The van der Waals surface area contributed by atoms with E-state index >= 15 is 0 Å². The topological polar surface area (TPSA) is 110 Å². The van der Waals surface area contributed by atoms with Gasteiger partial charge in [-0.1, -0.05) is 6.07 Å². The number of hydrogen-bond acceptors (Lipinski definition) is 9. The predicted molar refractivity (Wildman–Crippen MR) is 110 cm³/mol. The van der Waals surface area contributed by atoms with E-state index in [4.69, 9.17) is 19.9 Å². The monoisotopic (exact) mass is 414 g/mol. The van der Waals surface area contributed by atoms with Gasteiger partial charge in [-0.15, -0.1) is 0 Å². The van der Waals surface area contributed by atoms with Crippen molar-refractivity contribution in [1.29, 1.82) is 5.26 Å². The minimum Gasteiger partial charge on any atom is -0.493 e. The number of nitrogens with zero attached hydrogens (tertiary/aromatic N) is 3. The summed E-state index contributed by atoms with van der Waals surface area (Å²) in [6, 6.07) is 6.84. The van der Waals surface area contributed by atoms with E-state index in [9.17, 15) is 10.1 Å². The molecular weight excluding hydrogens is 392 g/mol. The van der Waals surface area contributed by atoms with Gasteiger partial charge in [0.1, 0.15) is 16.8 Å². The molecule has 0 saturated heterocycles. The first-order valence-electron chi connectivity index (χ1n) is 8.91. The van der Waals surface area contributed by atoms with Crippen molar-refractivity contribution in [3.63, 3.8) is 0 Å². The lowest BCUT2D eigenvalue weighted by Crippen LogP contribution is -2.39. The van der Waals surface area contributed by atoms with Crippen molar-refractivity contribution in [2.24, 2.45) is 10.7 Å². The summed E-state index contributed by atoms with van der Waals surface area (Å²) in [6.45, 7) is 5.31. The van der Waals surface area contributed by atoms with Crippen molar-refractivity contribution in [2.75, 3.05) is 14.2 Å². The zero-order valence-electron chi connectivity index (χ0n) is 16.8. The third kappa shape index (κ3) is 3.63. The van der Waals surface area contributed by atoms with Gasteiger partial charge in [-0.05, 0) is 50.2 Å². The van der Waals surface area contributed by atoms with E-state index in [1.807, 2.05) is 6.07 Å². The molecule has 9 heteroatoms. The van der Waals surface area contributed by atoms with Crippen LogP contribution in [0, 0.1) is 11.3 Å². The molecule has 2 N–H and O–H groups in total. The number of rotatable bonds is 5. The molecule has 2 heterocycles. The number of amidine groups is 1. The molecule has 152 valence electrons. The number of nitriles is 1. The van der Waals surface area contributed by atoms with Crippen molar-refractivity contribution < 1.29 is 19.0 Å². The molecule has 1 aromatic carbocycles. The first kappa shape index (κ1) is 20.6. The van der Waals surface area contributed by atoms with Crippen LogP contribution in [0.5, 0.6) is 11.5 Å². The Morgan fingerprint density at radius 2 is 2.00 bits per heavy atom. The lowest BCUT2D eigenvalue weighted by Gasteiger charge is -2.35. The highest BCUT2D eigenvalue weighted by molar-refractivity contribution is 8.17. The Morgan fingerprint density at radius 3 is 2.59 bits per heavy atom. The number of fused-ring (bicyclic) bond motifs is 1. The molecule has 0 amide bonds. The van der Waals surface area contributed by atoms with Gasteiger partial charge in [0.2, 0.25) is 0 Å². The number of allylic oxidation sites excluding steroid dienone is 2. The second kappa shape index (κ2) is 8.09. The molecule has 0 bridgehead atoms. The smallest absolute Gasteiger partial charge is 0.338 e. The Kier molecular flexibility index (Phi) is 5.75. The number of carbonyl (C=O) groups excluding carboxylic acids is 1. The molecule has 0 unspecified atom stereocenters. The zero-order chi connectivity index (χ0) is 21.3. The van der Waals surface area contributed by atoms with Gasteiger partial charge in [0, 0.05) is 0 Å². The van der Waals surface area contributed by atoms with Crippen LogP contribution in [0.15, 0.2) is 45.2 Å². The van der Waals surface area contributed by atoms with Crippen LogP contribution >= 0.6 is 11.8 Å². The van der Waals surface area contributed by atoms with Gasteiger partial charge < -0.3 is 19.9 Å². The number of benzene rings is 1. The van der Waals surface area contributed by atoms with Crippen molar-refractivity contribution in [3.05, 3.63) is 45.8 Å². The lowest BCUT2D eigenvalue weighted by molar-refractivity contribution is -0.143. The van der Waals surface area contributed by atoms with Gasteiger partial charge in [-0.25, -0.2) is 9.79 Å². The second-order valence-corrected chi connectivity index (χ2v) is 7.64. The van der Waals surface area contributed by atoms with Crippen molar-refractivity contribution in [2.45, 2.75) is 32.9 Å². The SMILES string of the molecule is COc1ccc([C@@H]2C(C(=O)OC(C)C)=C(C)N=C3SC(C#N)=C(N)N32)cc1OC. The van der Waals surface area contributed by atoms with E-state index in [-0.39, 0.29) is 11.9 Å². The van der Waals surface area contributed by atoms with E-state index < -0.39 is 12.0 Å². The average molecular weight is 414 g/mol. The Morgan fingerprint density at radius 1 is 1.31 bits per heavy atom. The predicted octanol–water partition coefficient (Wildman–Crippen LogP) is 3.04. The summed E-state index contributed by atoms with van der Waals surface area (Å²) in [5, 5.41) is 9.96. The molecule has 0 aliphatic carbocycles. The fourth-order valence-corrected chi connectivity index (χ4v) is 4.13. The maximum atomic E-state index is 13.0. The molecule has 0 radical (unpaired) electrons. The van der Waals surface area contributed by atoms with E-state index in [0.717, 1.165) is 5.56 Å². The standard InChI is InChI=1S/C20H22N4O4S/c1-10(2)28-19(25)16-11(3)23-20-24(18(22)15(9-21)29-20)17(16)12-6-7-13(26-4)14(8-12)27-5/h6-8,10,17H,22H2,1-5H3/t17-/m1/s1. The molecule has 8 nitrogen and oxygen atoms in total. The Hall–Kier alpha value is -3.12. The summed E-state index contributed by atoms with van der Waals surface area (Å²) in [4.78, 5) is 19.5. The molecule has 2 aliphatic rings. The van der Waals surface area contributed by atoms with E-state index in [1.54, 1.807) is 44.9 Å². The summed E-state index contributed by atoms with van der Waals surface area (Å²) < 4.78 is 16.2. The molecule has 0 saturated carbocycles. The van der Waals surface area contributed by atoms with Crippen LogP contribution in [0.2, 0.25) is 0 Å². The van der Waals surface area contributed by atoms with E-state index in [0.29, 0.717) is 32.8 Å². The van der Waals surface area contributed by atoms with Crippen LogP contribution < -0.4 is 15.2 Å². The minimum atomic E-state index is -0.619. The van der Waals surface area contributed by atoms with Crippen molar-refractivity contribution in [1.82, 2.24) is 4.90 Å². The molecule has 2 aliphatic heterocycles. The maximum absolute atomic E-state index is 13.0. The molecule has 1 atom stereocenters. The van der Waals surface area contributed by atoms with Crippen molar-refractivity contribution >= 4 is 22.9 Å². The van der Waals surface area contributed by atoms with Gasteiger partial charge in [-0.3, -0.25) is 4.90 Å². The summed E-state index contributed by atoms with van der Waals surface area (Å²) >= 11 is 1.18. The quantitative estimate of drug-likeness (QED) is 0.732. The molecular formula is C20H22N4O4S. The van der Waals surface area contributed by atoms with Gasteiger partial charge in [0.05, 0.1) is 37.6 Å². The van der Waals surface area contributed by atoms with Crippen LogP contribution in [0.25, 0.3) is 0 Å². The van der Waals surface area contributed by atoms with E-state index in [1.165, 1.54) is 18.9 Å². The number of carbonyl (C=O) groups is 1. The van der Waals surface area contributed by atoms with Gasteiger partial charge in [0.25, 0.3) is 0 Å². The van der Waals surface area contributed by atoms with Gasteiger partial charge in [0.15, 0.2) is 16.7 Å². The van der Waals surface area contributed by atoms with E-state index in [2.05, 4.69) is 11.1 Å². The van der Waals surface area contributed by atoms with Crippen LogP contribution in [-0.4, -0.2) is 36.4 Å². The summed E-state index contributed by atoms with van der Waals surface area (Å²) in [5.74, 6) is 0.838. The number of ether oxygens (including phenoxy) is 3. The molecule has 1 aromatic rings. The fourth-order valence-electron chi connectivity index (χ4n) is 3.22. The van der Waals surface area contributed by atoms with Crippen molar-refractivity contribution in [3.8, 4) is 17.6 Å². The Labute approximate surface area is 173 Å². The van der Waals surface area contributed by atoms with Crippen LogP contribution in [0.1, 0.15) is 32.4 Å². The molecule has 29 heavy (non-hydrogen) atoms. The summed E-state index contributed by atoms with van der Waals surface area (Å²) in [5.41, 5.74) is 7.86. The Bertz CT molecular complexity index is 991. The maximum Gasteiger partial charge on any atom is 0.338 e. The zero-order valence-corrected chi connectivity index (χ0v) is 17.7. The number of methoxy groups -OCH3 is 2. The molecule has 0 fully saturated rings. The van der Waals surface area contributed by atoms with Gasteiger partial charge >= 0.3 is 5.97 Å². The Balaban J connectivity index is 2.20. The first-order chi connectivity index (χ1) is 13.8. The number of thioether (sulfide) groups is 1. The normalized spacial score (nSPS) is 18.4. The third-order valence-corrected chi connectivity index (χ3v) is 5.44. The number of esters is 1. The average Bonchev–Trinajstić information content (AvgIpc) is 3.00. The summed E-state index contributed by atoms with van der Waals surface area (Å²) in [7, 11) is 3.09. The minimum absolute atomic E-state index is 0.249. The van der Waals surface area contributed by atoms with Crippen LogP contribution in [-0.2, 0) is 9.53 Å². The number of hydrogen-bond donors (Lipinski definition) is 1. The lowest BCUT2D eigenvalue weighted by atomic mass is 9.94. The number of aliphatic imine (C=N–C) groups is 1.